The van der Waals surface area contributed by atoms with Gasteiger partial charge in [0.1, 0.15) is 5.75 Å². The first-order valence-corrected chi connectivity index (χ1v) is 8.51. The summed E-state index contributed by atoms with van der Waals surface area (Å²) in [5, 5.41) is 6.21. The molecule has 5 nitrogen and oxygen atoms in total. The molecule has 1 saturated heterocycles. The largest absolute Gasteiger partial charge is 0.464 e. The van der Waals surface area contributed by atoms with Gasteiger partial charge in [0, 0.05) is 23.9 Å². The molecule has 1 fully saturated rings. The molecule has 0 aromatic heterocycles. The molecule has 25 heavy (non-hydrogen) atoms. The van der Waals surface area contributed by atoms with E-state index < -0.39 is 0 Å². The van der Waals surface area contributed by atoms with Crippen LogP contribution in [0.4, 0.5) is 11.4 Å². The third kappa shape index (κ3) is 3.67. The Morgan fingerprint density at radius 1 is 1.20 bits per heavy atom. The SMILES string of the molecule is O=C(/C=C/C1CCCO1)Nc1cccc(C2Nc3ccccc3O2)c1. The van der Waals surface area contributed by atoms with Crippen molar-refractivity contribution in [1.29, 1.82) is 0 Å². The van der Waals surface area contributed by atoms with E-state index in [1.54, 1.807) is 6.08 Å². The Bertz CT molecular complexity index is 772. The maximum absolute atomic E-state index is 12.1. The molecule has 0 spiro atoms. The molecular formula is C20H20N2O3. The summed E-state index contributed by atoms with van der Waals surface area (Å²) in [6.45, 7) is 0.773. The van der Waals surface area contributed by atoms with Crippen LogP contribution in [0.5, 0.6) is 5.75 Å². The van der Waals surface area contributed by atoms with E-state index in [9.17, 15) is 4.79 Å². The van der Waals surface area contributed by atoms with Crippen molar-refractivity contribution < 1.29 is 14.3 Å². The van der Waals surface area contributed by atoms with Gasteiger partial charge in [-0.15, -0.1) is 0 Å². The molecule has 0 radical (unpaired) electrons. The van der Waals surface area contributed by atoms with Crippen LogP contribution in [0.3, 0.4) is 0 Å². The first-order valence-electron chi connectivity index (χ1n) is 8.51. The molecule has 2 aromatic carbocycles. The van der Waals surface area contributed by atoms with Gasteiger partial charge in [0.05, 0.1) is 11.8 Å². The molecule has 2 heterocycles. The van der Waals surface area contributed by atoms with E-state index >= 15 is 0 Å². The zero-order chi connectivity index (χ0) is 17.1. The van der Waals surface area contributed by atoms with E-state index in [0.717, 1.165) is 42.1 Å². The zero-order valence-corrected chi connectivity index (χ0v) is 13.8. The predicted molar refractivity (Wildman–Crippen MR) is 96.6 cm³/mol. The maximum atomic E-state index is 12.1. The monoisotopic (exact) mass is 336 g/mol. The maximum Gasteiger partial charge on any atom is 0.248 e. The Balaban J connectivity index is 1.41. The van der Waals surface area contributed by atoms with Crippen LogP contribution in [0.15, 0.2) is 60.7 Å². The van der Waals surface area contributed by atoms with Gasteiger partial charge >= 0.3 is 0 Å². The summed E-state index contributed by atoms with van der Waals surface area (Å²) in [4.78, 5) is 12.1. The van der Waals surface area contributed by atoms with Crippen molar-refractivity contribution in [3.8, 4) is 5.75 Å². The van der Waals surface area contributed by atoms with Crippen molar-refractivity contribution >= 4 is 17.3 Å². The van der Waals surface area contributed by atoms with Crippen LogP contribution in [0.25, 0.3) is 0 Å². The standard InChI is InChI=1S/C20H20N2O3/c23-19(11-10-16-7-4-12-24-16)21-15-6-3-5-14(13-15)20-22-17-8-1-2-9-18(17)25-20/h1-3,5-6,8-11,13,16,20,22H,4,7,12H2,(H,21,23)/b11-10+. The first-order chi connectivity index (χ1) is 12.3. The summed E-state index contributed by atoms with van der Waals surface area (Å²) < 4.78 is 11.4. The van der Waals surface area contributed by atoms with Crippen molar-refractivity contribution in [2.45, 2.75) is 25.2 Å². The minimum absolute atomic E-state index is 0.0617. The van der Waals surface area contributed by atoms with Gasteiger partial charge in [-0.3, -0.25) is 4.79 Å². The molecule has 2 aliphatic heterocycles. The fraction of sp³-hybridized carbons (Fsp3) is 0.250. The number of fused-ring (bicyclic) bond motifs is 1. The lowest BCUT2D eigenvalue weighted by Gasteiger charge is -2.13. The lowest BCUT2D eigenvalue weighted by Crippen LogP contribution is -2.12. The highest BCUT2D eigenvalue weighted by atomic mass is 16.5. The Labute approximate surface area is 146 Å². The molecule has 2 aromatic rings. The van der Waals surface area contributed by atoms with E-state index in [1.807, 2.05) is 54.6 Å². The van der Waals surface area contributed by atoms with Gasteiger partial charge in [-0.1, -0.05) is 30.3 Å². The van der Waals surface area contributed by atoms with Crippen LogP contribution in [0, 0.1) is 0 Å². The number of carbonyl (C=O) groups excluding carboxylic acids is 1. The van der Waals surface area contributed by atoms with Crippen LogP contribution < -0.4 is 15.4 Å². The summed E-state index contributed by atoms with van der Waals surface area (Å²) in [5.74, 6) is 0.678. The molecule has 5 heteroatoms. The van der Waals surface area contributed by atoms with Crippen molar-refractivity contribution in [1.82, 2.24) is 0 Å². The molecule has 2 atom stereocenters. The number of ether oxygens (including phenoxy) is 2. The number of hydrogen-bond acceptors (Lipinski definition) is 4. The fourth-order valence-electron chi connectivity index (χ4n) is 3.05. The molecule has 1 amide bonds. The number of nitrogens with one attached hydrogen (secondary N) is 2. The minimum Gasteiger partial charge on any atom is -0.464 e. The highest BCUT2D eigenvalue weighted by Crippen LogP contribution is 2.37. The third-order valence-corrected chi connectivity index (χ3v) is 4.30. The number of hydrogen-bond donors (Lipinski definition) is 2. The topological polar surface area (TPSA) is 59.6 Å². The summed E-state index contributed by atoms with van der Waals surface area (Å²) in [6.07, 6.45) is 5.20. The van der Waals surface area contributed by atoms with Crippen molar-refractivity contribution in [3.63, 3.8) is 0 Å². The average Bonchev–Trinajstić information content (AvgIpc) is 3.29. The molecule has 2 N–H and O–H groups in total. The number of carbonyl (C=O) groups is 1. The van der Waals surface area contributed by atoms with Crippen LogP contribution in [0.1, 0.15) is 24.6 Å². The number of anilines is 2. The van der Waals surface area contributed by atoms with Crippen LogP contribution in [-0.2, 0) is 9.53 Å². The predicted octanol–water partition coefficient (Wildman–Crippen LogP) is 3.86. The Hall–Kier alpha value is -2.79. The quantitative estimate of drug-likeness (QED) is 0.832. The van der Waals surface area contributed by atoms with Crippen molar-refractivity contribution in [2.75, 3.05) is 17.2 Å². The number of benzene rings is 2. The Kier molecular flexibility index (Phi) is 4.39. The summed E-state index contributed by atoms with van der Waals surface area (Å²) in [7, 11) is 0. The Morgan fingerprint density at radius 3 is 2.96 bits per heavy atom. The third-order valence-electron chi connectivity index (χ3n) is 4.30. The highest BCUT2D eigenvalue weighted by Gasteiger charge is 2.22. The second-order valence-electron chi connectivity index (χ2n) is 6.16. The van der Waals surface area contributed by atoms with Gasteiger partial charge in [0.25, 0.3) is 0 Å². The summed E-state index contributed by atoms with van der Waals surface area (Å²) in [6, 6.07) is 15.5. The molecule has 128 valence electrons. The molecule has 2 unspecified atom stereocenters. The summed E-state index contributed by atoms with van der Waals surface area (Å²) >= 11 is 0. The number of rotatable bonds is 4. The van der Waals surface area contributed by atoms with Gasteiger partial charge in [0.15, 0.2) is 6.23 Å². The molecule has 0 saturated carbocycles. The van der Waals surface area contributed by atoms with Gasteiger partial charge in [-0.2, -0.15) is 0 Å². The molecule has 0 aliphatic carbocycles. The van der Waals surface area contributed by atoms with Crippen molar-refractivity contribution in [2.24, 2.45) is 0 Å². The van der Waals surface area contributed by atoms with Gasteiger partial charge in [0.2, 0.25) is 5.91 Å². The molecule has 4 rings (SSSR count). The first kappa shape index (κ1) is 15.7. The Morgan fingerprint density at radius 2 is 2.12 bits per heavy atom. The van der Waals surface area contributed by atoms with Crippen molar-refractivity contribution in [3.05, 3.63) is 66.2 Å². The van der Waals surface area contributed by atoms with E-state index in [1.165, 1.54) is 0 Å². The highest BCUT2D eigenvalue weighted by molar-refractivity contribution is 5.99. The van der Waals surface area contributed by atoms with Crippen LogP contribution in [0.2, 0.25) is 0 Å². The molecule has 0 bridgehead atoms. The lowest BCUT2D eigenvalue weighted by molar-refractivity contribution is -0.112. The zero-order valence-electron chi connectivity index (χ0n) is 13.8. The van der Waals surface area contributed by atoms with Crippen LogP contribution >= 0.6 is 0 Å². The van der Waals surface area contributed by atoms with Crippen LogP contribution in [-0.4, -0.2) is 18.6 Å². The van der Waals surface area contributed by atoms with Gasteiger partial charge in [-0.05, 0) is 37.1 Å². The minimum atomic E-state index is -0.253. The smallest absolute Gasteiger partial charge is 0.248 e. The van der Waals surface area contributed by atoms with Gasteiger partial charge in [-0.25, -0.2) is 0 Å². The second kappa shape index (κ2) is 6.99. The van der Waals surface area contributed by atoms with E-state index in [0.29, 0.717) is 0 Å². The van der Waals surface area contributed by atoms with E-state index in [-0.39, 0.29) is 18.2 Å². The number of amides is 1. The fourth-order valence-corrected chi connectivity index (χ4v) is 3.05. The molecular weight excluding hydrogens is 316 g/mol. The summed E-state index contributed by atoms with van der Waals surface area (Å²) in [5.41, 5.74) is 2.67. The molecule has 2 aliphatic rings. The normalized spacial score (nSPS) is 21.6. The average molecular weight is 336 g/mol. The lowest BCUT2D eigenvalue weighted by atomic mass is 10.1. The van der Waals surface area contributed by atoms with E-state index in [4.69, 9.17) is 9.47 Å². The van der Waals surface area contributed by atoms with Gasteiger partial charge < -0.3 is 20.1 Å². The number of para-hydroxylation sites is 2. The second-order valence-corrected chi connectivity index (χ2v) is 6.16. The van der Waals surface area contributed by atoms with E-state index in [2.05, 4.69) is 10.6 Å².